The lowest BCUT2D eigenvalue weighted by Gasteiger charge is -2.02. The Morgan fingerprint density at radius 1 is 0.783 bits per heavy atom. The molecule has 4 aromatic heterocycles. The SMILES string of the molecule is c1ccc2c(c1)sc1cnc(-c3ccc4ccncc4n3)cc12. The lowest BCUT2D eigenvalue weighted by atomic mass is 10.1. The molecule has 3 nitrogen and oxygen atoms in total. The highest BCUT2D eigenvalue weighted by molar-refractivity contribution is 7.25. The molecule has 0 amide bonds. The third-order valence-corrected chi connectivity index (χ3v) is 5.14. The van der Waals surface area contributed by atoms with Gasteiger partial charge in [-0.2, -0.15) is 0 Å². The van der Waals surface area contributed by atoms with E-state index in [0.717, 1.165) is 22.3 Å². The molecule has 23 heavy (non-hydrogen) atoms. The summed E-state index contributed by atoms with van der Waals surface area (Å²) >= 11 is 1.78. The van der Waals surface area contributed by atoms with Crippen LogP contribution in [0.3, 0.4) is 0 Å². The van der Waals surface area contributed by atoms with E-state index in [0.29, 0.717) is 0 Å². The molecule has 0 N–H and O–H groups in total. The second-order valence-corrected chi connectivity index (χ2v) is 6.51. The van der Waals surface area contributed by atoms with Crippen LogP contribution in [-0.2, 0) is 0 Å². The van der Waals surface area contributed by atoms with Gasteiger partial charge in [-0.1, -0.05) is 24.3 Å². The number of hydrogen-bond donors (Lipinski definition) is 0. The number of hydrogen-bond acceptors (Lipinski definition) is 4. The Labute approximate surface area is 136 Å². The summed E-state index contributed by atoms with van der Waals surface area (Å²) in [4.78, 5) is 13.5. The second-order valence-electron chi connectivity index (χ2n) is 5.43. The molecule has 0 aliphatic heterocycles. The fourth-order valence-corrected chi connectivity index (χ4v) is 3.94. The molecule has 4 heterocycles. The highest BCUT2D eigenvalue weighted by Gasteiger charge is 2.08. The summed E-state index contributed by atoms with van der Waals surface area (Å²) in [6.45, 7) is 0. The van der Waals surface area contributed by atoms with Crippen molar-refractivity contribution >= 4 is 42.4 Å². The van der Waals surface area contributed by atoms with E-state index in [1.165, 1.54) is 20.2 Å². The Balaban J connectivity index is 1.76. The van der Waals surface area contributed by atoms with Crippen LogP contribution in [0.4, 0.5) is 0 Å². The molecule has 0 aliphatic carbocycles. The van der Waals surface area contributed by atoms with Crippen LogP contribution in [0.2, 0.25) is 0 Å². The summed E-state index contributed by atoms with van der Waals surface area (Å²) in [5.41, 5.74) is 2.66. The molecule has 0 unspecified atom stereocenters. The maximum atomic E-state index is 4.70. The van der Waals surface area contributed by atoms with Gasteiger partial charge in [0, 0.05) is 33.3 Å². The van der Waals surface area contributed by atoms with Gasteiger partial charge in [0.15, 0.2) is 0 Å². The Morgan fingerprint density at radius 2 is 1.74 bits per heavy atom. The van der Waals surface area contributed by atoms with E-state index in [9.17, 15) is 0 Å². The maximum absolute atomic E-state index is 4.70. The average molecular weight is 313 g/mol. The summed E-state index contributed by atoms with van der Waals surface area (Å²) in [7, 11) is 0. The van der Waals surface area contributed by atoms with Crippen molar-refractivity contribution in [1.82, 2.24) is 15.0 Å². The van der Waals surface area contributed by atoms with Gasteiger partial charge in [-0.05, 0) is 24.3 Å². The van der Waals surface area contributed by atoms with Crippen LogP contribution in [0.1, 0.15) is 0 Å². The van der Waals surface area contributed by atoms with Gasteiger partial charge in [-0.25, -0.2) is 4.98 Å². The third-order valence-electron chi connectivity index (χ3n) is 4.02. The standard InChI is InChI=1S/C19H11N3S/c1-2-4-18-13(3-1)14-9-16(21-11-19(14)23-18)15-6-5-12-7-8-20-10-17(12)22-15/h1-11H. The highest BCUT2D eigenvalue weighted by atomic mass is 32.1. The highest BCUT2D eigenvalue weighted by Crippen LogP contribution is 2.34. The number of nitrogens with zero attached hydrogens (tertiary/aromatic N) is 3. The molecule has 0 aliphatic rings. The van der Waals surface area contributed by atoms with Crippen LogP contribution in [0.25, 0.3) is 42.5 Å². The van der Waals surface area contributed by atoms with Gasteiger partial charge in [-0.15, -0.1) is 11.3 Å². The molecule has 5 aromatic rings. The number of pyridine rings is 3. The summed E-state index contributed by atoms with van der Waals surface area (Å²) < 4.78 is 2.49. The molecule has 0 atom stereocenters. The molecule has 0 saturated heterocycles. The maximum Gasteiger partial charge on any atom is 0.0894 e. The predicted molar refractivity (Wildman–Crippen MR) is 95.7 cm³/mol. The molecule has 4 heteroatoms. The molecule has 0 fully saturated rings. The van der Waals surface area contributed by atoms with Crippen LogP contribution < -0.4 is 0 Å². The zero-order chi connectivity index (χ0) is 15.2. The van der Waals surface area contributed by atoms with Crippen molar-refractivity contribution in [1.29, 1.82) is 0 Å². The summed E-state index contributed by atoms with van der Waals surface area (Å²) in [5.74, 6) is 0. The average Bonchev–Trinajstić information content (AvgIpc) is 2.99. The van der Waals surface area contributed by atoms with E-state index < -0.39 is 0 Å². The minimum atomic E-state index is 0.877. The van der Waals surface area contributed by atoms with Gasteiger partial charge < -0.3 is 0 Å². The largest absolute Gasteiger partial charge is 0.262 e. The summed E-state index contributed by atoms with van der Waals surface area (Å²) in [6, 6.07) is 16.7. The Kier molecular flexibility index (Phi) is 2.66. The smallest absolute Gasteiger partial charge is 0.0894 e. The zero-order valence-electron chi connectivity index (χ0n) is 12.1. The first-order chi connectivity index (χ1) is 11.4. The minimum Gasteiger partial charge on any atom is -0.262 e. The molecule has 108 valence electrons. The van der Waals surface area contributed by atoms with Gasteiger partial charge in [0.1, 0.15) is 0 Å². The first-order valence-corrected chi connectivity index (χ1v) is 8.18. The van der Waals surface area contributed by atoms with E-state index in [2.05, 4.69) is 46.4 Å². The van der Waals surface area contributed by atoms with Crippen molar-refractivity contribution in [2.75, 3.05) is 0 Å². The van der Waals surface area contributed by atoms with E-state index in [1.807, 2.05) is 18.3 Å². The van der Waals surface area contributed by atoms with Crippen molar-refractivity contribution in [2.45, 2.75) is 0 Å². The van der Waals surface area contributed by atoms with E-state index in [1.54, 1.807) is 23.7 Å². The van der Waals surface area contributed by atoms with Crippen molar-refractivity contribution in [3.8, 4) is 11.4 Å². The van der Waals surface area contributed by atoms with Crippen LogP contribution in [0, 0.1) is 0 Å². The lowest BCUT2D eigenvalue weighted by Crippen LogP contribution is -1.88. The van der Waals surface area contributed by atoms with Crippen molar-refractivity contribution in [3.63, 3.8) is 0 Å². The second kappa shape index (κ2) is 4.83. The lowest BCUT2D eigenvalue weighted by molar-refractivity contribution is 1.27. The minimum absolute atomic E-state index is 0.877. The Bertz CT molecular complexity index is 1180. The van der Waals surface area contributed by atoms with Gasteiger partial charge in [0.25, 0.3) is 0 Å². The predicted octanol–water partition coefficient (Wildman–Crippen LogP) is 5.06. The number of aromatic nitrogens is 3. The normalized spacial score (nSPS) is 11.5. The van der Waals surface area contributed by atoms with Crippen LogP contribution in [-0.4, -0.2) is 15.0 Å². The van der Waals surface area contributed by atoms with E-state index in [4.69, 9.17) is 4.98 Å². The number of rotatable bonds is 1. The van der Waals surface area contributed by atoms with Crippen LogP contribution >= 0.6 is 11.3 Å². The molecular weight excluding hydrogens is 302 g/mol. The summed E-state index contributed by atoms with van der Waals surface area (Å²) in [5, 5.41) is 3.60. The van der Waals surface area contributed by atoms with Crippen molar-refractivity contribution in [2.24, 2.45) is 0 Å². The zero-order valence-corrected chi connectivity index (χ0v) is 12.9. The van der Waals surface area contributed by atoms with Gasteiger partial charge in [0.2, 0.25) is 0 Å². The van der Waals surface area contributed by atoms with Gasteiger partial charge >= 0.3 is 0 Å². The van der Waals surface area contributed by atoms with E-state index in [-0.39, 0.29) is 0 Å². The fourth-order valence-electron chi connectivity index (χ4n) is 2.88. The topological polar surface area (TPSA) is 38.7 Å². The first-order valence-electron chi connectivity index (χ1n) is 7.37. The number of benzene rings is 1. The molecule has 1 aromatic carbocycles. The monoisotopic (exact) mass is 313 g/mol. The molecule has 0 spiro atoms. The Hall–Kier alpha value is -2.85. The third kappa shape index (κ3) is 1.99. The summed E-state index contributed by atoms with van der Waals surface area (Å²) in [6.07, 6.45) is 5.52. The Morgan fingerprint density at radius 3 is 2.74 bits per heavy atom. The molecule has 0 radical (unpaired) electrons. The van der Waals surface area contributed by atoms with Crippen LogP contribution in [0.5, 0.6) is 0 Å². The van der Waals surface area contributed by atoms with Crippen molar-refractivity contribution in [3.05, 3.63) is 67.1 Å². The molecular formula is C19H11N3S. The molecule has 5 rings (SSSR count). The van der Waals surface area contributed by atoms with Crippen molar-refractivity contribution < 1.29 is 0 Å². The van der Waals surface area contributed by atoms with Crippen LogP contribution in [0.15, 0.2) is 67.1 Å². The number of thiophene rings is 1. The molecule has 0 bridgehead atoms. The van der Waals surface area contributed by atoms with E-state index >= 15 is 0 Å². The quantitative estimate of drug-likeness (QED) is 0.434. The van der Waals surface area contributed by atoms with Gasteiger partial charge in [0.05, 0.1) is 27.8 Å². The molecule has 0 saturated carbocycles. The van der Waals surface area contributed by atoms with Gasteiger partial charge in [-0.3, -0.25) is 9.97 Å². The first kappa shape index (κ1) is 12.7. The fraction of sp³-hybridized carbons (Fsp3) is 0. The number of fused-ring (bicyclic) bond motifs is 4.